The molecule has 2 N–H and O–H groups in total. The quantitative estimate of drug-likeness (QED) is 0.595. The first kappa shape index (κ1) is 15.1. The van der Waals surface area contributed by atoms with E-state index in [0.717, 1.165) is 0 Å². The summed E-state index contributed by atoms with van der Waals surface area (Å²) in [7, 11) is 0. The largest absolute Gasteiger partial charge is 0.466 e. The van der Waals surface area contributed by atoms with Gasteiger partial charge in [-0.1, -0.05) is 12.1 Å². The first-order chi connectivity index (χ1) is 9.95. The van der Waals surface area contributed by atoms with E-state index in [-0.39, 0.29) is 23.3 Å². The molecule has 0 aliphatic carbocycles. The van der Waals surface area contributed by atoms with Crippen LogP contribution in [-0.4, -0.2) is 40.8 Å². The number of ether oxygens (including phenoxy) is 2. The monoisotopic (exact) mass is 294 g/mol. The molecule has 0 aromatic heterocycles. The standard InChI is InChI=1S/C14H14O7/c1-2-20-10(16)6-9(15)12(17)7-4-3-5-8-11(7)14(19)21-13(8)18/h3-5,9,12,15,17H,2,6H2,1H3. The number of rotatable bonds is 5. The predicted octanol–water partition coefficient (Wildman–Crippen LogP) is 0.345. The molecule has 2 rings (SSSR count). The molecule has 1 heterocycles. The van der Waals surface area contributed by atoms with Crippen LogP contribution < -0.4 is 0 Å². The van der Waals surface area contributed by atoms with Crippen molar-refractivity contribution in [3.05, 3.63) is 34.9 Å². The van der Waals surface area contributed by atoms with E-state index in [0.29, 0.717) is 0 Å². The summed E-state index contributed by atoms with van der Waals surface area (Å²) in [6.45, 7) is 1.77. The van der Waals surface area contributed by atoms with Crippen LogP contribution in [-0.2, 0) is 14.3 Å². The number of benzene rings is 1. The van der Waals surface area contributed by atoms with Crippen LogP contribution in [0.1, 0.15) is 45.7 Å². The number of carbonyl (C=O) groups excluding carboxylic acids is 3. The maximum absolute atomic E-state index is 11.6. The van der Waals surface area contributed by atoms with Gasteiger partial charge in [0, 0.05) is 0 Å². The van der Waals surface area contributed by atoms with Crippen LogP contribution in [0, 0.1) is 0 Å². The van der Waals surface area contributed by atoms with Crippen molar-refractivity contribution in [2.75, 3.05) is 6.61 Å². The molecular weight excluding hydrogens is 280 g/mol. The molecule has 0 spiro atoms. The molecule has 0 saturated carbocycles. The first-order valence-corrected chi connectivity index (χ1v) is 6.36. The minimum atomic E-state index is -1.51. The Bertz CT molecular complexity index is 593. The van der Waals surface area contributed by atoms with E-state index in [9.17, 15) is 24.6 Å². The van der Waals surface area contributed by atoms with Gasteiger partial charge < -0.3 is 19.7 Å². The lowest BCUT2D eigenvalue weighted by molar-refractivity contribution is -0.147. The predicted molar refractivity (Wildman–Crippen MR) is 68.4 cm³/mol. The second-order valence-corrected chi connectivity index (χ2v) is 4.47. The van der Waals surface area contributed by atoms with Crippen LogP contribution in [0.25, 0.3) is 0 Å². The van der Waals surface area contributed by atoms with Crippen LogP contribution in [0.3, 0.4) is 0 Å². The summed E-state index contributed by atoms with van der Waals surface area (Å²) >= 11 is 0. The van der Waals surface area contributed by atoms with Gasteiger partial charge in [0.15, 0.2) is 0 Å². The molecule has 0 saturated heterocycles. The average molecular weight is 294 g/mol. The highest BCUT2D eigenvalue weighted by molar-refractivity contribution is 6.15. The Labute approximate surface area is 120 Å². The van der Waals surface area contributed by atoms with E-state index >= 15 is 0 Å². The lowest BCUT2D eigenvalue weighted by atomic mass is 9.94. The Morgan fingerprint density at radius 3 is 2.67 bits per heavy atom. The Morgan fingerprint density at radius 2 is 2.00 bits per heavy atom. The van der Waals surface area contributed by atoms with Crippen molar-refractivity contribution in [1.82, 2.24) is 0 Å². The van der Waals surface area contributed by atoms with E-state index in [1.807, 2.05) is 0 Å². The normalized spacial score (nSPS) is 16.1. The van der Waals surface area contributed by atoms with E-state index in [1.54, 1.807) is 6.92 Å². The van der Waals surface area contributed by atoms with Crippen molar-refractivity contribution in [2.45, 2.75) is 25.6 Å². The number of hydrogen-bond donors (Lipinski definition) is 2. The third kappa shape index (κ3) is 2.93. The molecule has 0 radical (unpaired) electrons. The summed E-state index contributed by atoms with van der Waals surface area (Å²) in [5, 5.41) is 20.0. The van der Waals surface area contributed by atoms with Crippen LogP contribution >= 0.6 is 0 Å². The number of hydrogen-bond acceptors (Lipinski definition) is 7. The lowest BCUT2D eigenvalue weighted by Crippen LogP contribution is -2.24. The van der Waals surface area contributed by atoms with Crippen LogP contribution in [0.4, 0.5) is 0 Å². The summed E-state index contributed by atoms with van der Waals surface area (Å²) < 4.78 is 9.13. The van der Waals surface area contributed by atoms with Gasteiger partial charge in [-0.2, -0.15) is 0 Å². The molecular formula is C14H14O7. The van der Waals surface area contributed by atoms with Crippen molar-refractivity contribution in [3.8, 4) is 0 Å². The molecule has 21 heavy (non-hydrogen) atoms. The SMILES string of the molecule is CCOC(=O)CC(O)C(O)c1cccc2c1C(=O)OC2=O. The van der Waals surface area contributed by atoms with Gasteiger partial charge in [-0.25, -0.2) is 9.59 Å². The van der Waals surface area contributed by atoms with Crippen molar-refractivity contribution in [1.29, 1.82) is 0 Å². The maximum Gasteiger partial charge on any atom is 0.347 e. The summed E-state index contributed by atoms with van der Waals surface area (Å²) in [6, 6.07) is 4.22. The van der Waals surface area contributed by atoms with E-state index in [4.69, 9.17) is 0 Å². The van der Waals surface area contributed by atoms with Crippen molar-refractivity contribution in [2.24, 2.45) is 0 Å². The number of cyclic esters (lactones) is 2. The highest BCUT2D eigenvalue weighted by Gasteiger charge is 2.35. The number of carbonyl (C=O) groups is 3. The number of esters is 3. The van der Waals surface area contributed by atoms with Crippen molar-refractivity contribution < 1.29 is 34.1 Å². The molecule has 1 aromatic rings. The van der Waals surface area contributed by atoms with Gasteiger partial charge in [0.25, 0.3) is 0 Å². The fourth-order valence-electron chi connectivity index (χ4n) is 2.11. The minimum absolute atomic E-state index is 0.0277. The smallest absolute Gasteiger partial charge is 0.347 e. The number of aliphatic hydroxyl groups is 2. The van der Waals surface area contributed by atoms with Gasteiger partial charge in [0.1, 0.15) is 6.10 Å². The van der Waals surface area contributed by atoms with Crippen LogP contribution in [0.5, 0.6) is 0 Å². The zero-order chi connectivity index (χ0) is 15.6. The highest BCUT2D eigenvalue weighted by Crippen LogP contribution is 2.30. The Hall–Kier alpha value is -2.25. The molecule has 1 aliphatic rings. The van der Waals surface area contributed by atoms with Gasteiger partial charge >= 0.3 is 17.9 Å². The van der Waals surface area contributed by atoms with E-state index in [1.165, 1.54) is 18.2 Å². The van der Waals surface area contributed by atoms with Gasteiger partial charge in [0.05, 0.1) is 30.3 Å². The Morgan fingerprint density at radius 1 is 1.29 bits per heavy atom. The van der Waals surface area contributed by atoms with E-state index < -0.39 is 36.5 Å². The Balaban J connectivity index is 2.25. The molecule has 0 bridgehead atoms. The molecule has 1 aromatic carbocycles. The third-order valence-electron chi connectivity index (χ3n) is 3.07. The molecule has 0 fully saturated rings. The molecule has 1 aliphatic heterocycles. The molecule has 7 heteroatoms. The maximum atomic E-state index is 11.6. The molecule has 112 valence electrons. The summed E-state index contributed by atoms with van der Waals surface area (Å²) in [5.41, 5.74) is -0.0158. The zero-order valence-electron chi connectivity index (χ0n) is 11.2. The van der Waals surface area contributed by atoms with Gasteiger partial charge in [0.2, 0.25) is 0 Å². The average Bonchev–Trinajstić information content (AvgIpc) is 2.73. The molecule has 0 amide bonds. The summed E-state index contributed by atoms with van der Waals surface area (Å²) in [5.74, 6) is -2.35. The fraction of sp³-hybridized carbons (Fsp3) is 0.357. The lowest BCUT2D eigenvalue weighted by Gasteiger charge is -2.18. The number of fused-ring (bicyclic) bond motifs is 1. The topological polar surface area (TPSA) is 110 Å². The highest BCUT2D eigenvalue weighted by atomic mass is 16.6. The van der Waals surface area contributed by atoms with Gasteiger partial charge in [-0.05, 0) is 18.6 Å². The van der Waals surface area contributed by atoms with Crippen molar-refractivity contribution >= 4 is 17.9 Å². The molecule has 2 atom stereocenters. The number of aliphatic hydroxyl groups excluding tert-OH is 2. The van der Waals surface area contributed by atoms with Crippen LogP contribution in [0.15, 0.2) is 18.2 Å². The summed E-state index contributed by atoms with van der Waals surface area (Å²) in [6.07, 6.45) is -3.40. The zero-order valence-corrected chi connectivity index (χ0v) is 11.2. The second-order valence-electron chi connectivity index (χ2n) is 4.47. The first-order valence-electron chi connectivity index (χ1n) is 6.36. The second kappa shape index (κ2) is 6.02. The summed E-state index contributed by atoms with van der Waals surface area (Å²) in [4.78, 5) is 34.3. The third-order valence-corrected chi connectivity index (χ3v) is 3.07. The fourth-order valence-corrected chi connectivity index (χ4v) is 2.11. The van der Waals surface area contributed by atoms with Crippen LogP contribution in [0.2, 0.25) is 0 Å². The molecule has 2 unspecified atom stereocenters. The van der Waals surface area contributed by atoms with E-state index in [2.05, 4.69) is 9.47 Å². The van der Waals surface area contributed by atoms with Crippen molar-refractivity contribution in [3.63, 3.8) is 0 Å². The molecule has 7 nitrogen and oxygen atoms in total. The van der Waals surface area contributed by atoms with Gasteiger partial charge in [-0.15, -0.1) is 0 Å². The van der Waals surface area contributed by atoms with Gasteiger partial charge in [-0.3, -0.25) is 4.79 Å². The minimum Gasteiger partial charge on any atom is -0.466 e. The Kier molecular flexibility index (Phi) is 4.35.